The molecule has 3 heterocycles. The van der Waals surface area contributed by atoms with Crippen LogP contribution in [-0.2, 0) is 6.54 Å². The Kier molecular flexibility index (Phi) is 3.45. The fourth-order valence-electron chi connectivity index (χ4n) is 3.44. The van der Waals surface area contributed by atoms with Crippen molar-refractivity contribution in [3.63, 3.8) is 0 Å². The van der Waals surface area contributed by atoms with Crippen molar-refractivity contribution in [2.45, 2.75) is 25.3 Å². The molecule has 0 bridgehead atoms. The van der Waals surface area contributed by atoms with Crippen LogP contribution in [0, 0.1) is 0 Å². The van der Waals surface area contributed by atoms with E-state index in [0.29, 0.717) is 18.2 Å². The lowest BCUT2D eigenvalue weighted by atomic mass is 10.1. The number of imidazole rings is 1. The maximum atomic E-state index is 12.8. The zero-order chi connectivity index (χ0) is 17.5. The van der Waals surface area contributed by atoms with Crippen LogP contribution in [0.1, 0.15) is 40.6 Å². The number of fused-ring (bicyclic) bond motifs is 2. The van der Waals surface area contributed by atoms with Crippen LogP contribution >= 0.6 is 0 Å². The van der Waals surface area contributed by atoms with E-state index in [9.17, 15) is 4.79 Å². The molecule has 0 aliphatic heterocycles. The molecule has 5 rings (SSSR count). The molecule has 1 N–H and O–H groups in total. The SMILES string of the molecule is O=C(NCc1cncc2ccccc12)c1nc(C2CC2)n2ccccc12. The monoisotopic (exact) mass is 342 g/mol. The number of nitrogens with one attached hydrogen (secondary N) is 1. The molecule has 1 fully saturated rings. The summed E-state index contributed by atoms with van der Waals surface area (Å²) in [6, 6.07) is 13.9. The van der Waals surface area contributed by atoms with E-state index in [1.165, 1.54) is 0 Å². The van der Waals surface area contributed by atoms with Gasteiger partial charge in [-0.2, -0.15) is 0 Å². The standard InChI is InChI=1S/C21H18N4O/c26-21(23-13-16-12-22-11-15-5-1-2-6-17(15)16)19-18-7-3-4-10-25(18)20(24-19)14-8-9-14/h1-7,10-12,14H,8-9,13H2,(H,23,26). The molecule has 0 radical (unpaired) electrons. The molecular weight excluding hydrogens is 324 g/mol. The van der Waals surface area contributed by atoms with Crippen molar-refractivity contribution in [3.05, 3.63) is 78.1 Å². The van der Waals surface area contributed by atoms with Crippen molar-refractivity contribution in [1.29, 1.82) is 0 Å². The van der Waals surface area contributed by atoms with E-state index in [1.54, 1.807) is 0 Å². The highest BCUT2D eigenvalue weighted by molar-refractivity contribution is 5.99. The van der Waals surface area contributed by atoms with E-state index in [2.05, 4.69) is 21.4 Å². The van der Waals surface area contributed by atoms with Gasteiger partial charge in [0.25, 0.3) is 5.91 Å². The average Bonchev–Trinajstić information content (AvgIpc) is 3.46. The summed E-state index contributed by atoms with van der Waals surface area (Å²) in [5.74, 6) is 1.33. The van der Waals surface area contributed by atoms with E-state index in [4.69, 9.17) is 0 Å². The minimum atomic E-state index is -0.145. The molecule has 0 spiro atoms. The predicted molar refractivity (Wildman–Crippen MR) is 100 cm³/mol. The third-order valence-electron chi connectivity index (χ3n) is 4.92. The van der Waals surface area contributed by atoms with Gasteiger partial charge in [0.05, 0.1) is 5.52 Å². The molecule has 128 valence electrons. The molecule has 1 aliphatic rings. The molecule has 1 saturated carbocycles. The van der Waals surface area contributed by atoms with Gasteiger partial charge in [0.2, 0.25) is 0 Å². The minimum Gasteiger partial charge on any atom is -0.346 e. The number of carbonyl (C=O) groups is 1. The maximum absolute atomic E-state index is 12.8. The molecule has 1 amide bonds. The number of nitrogens with zero attached hydrogens (tertiary/aromatic N) is 3. The Bertz CT molecular complexity index is 1120. The number of rotatable bonds is 4. The van der Waals surface area contributed by atoms with E-state index >= 15 is 0 Å². The van der Waals surface area contributed by atoms with Gasteiger partial charge in [-0.1, -0.05) is 30.3 Å². The second kappa shape index (κ2) is 5.95. The van der Waals surface area contributed by atoms with Crippen molar-refractivity contribution in [2.24, 2.45) is 0 Å². The lowest BCUT2D eigenvalue weighted by Crippen LogP contribution is -2.23. The van der Waals surface area contributed by atoms with Crippen LogP contribution in [0.25, 0.3) is 16.3 Å². The molecule has 4 aromatic rings. The zero-order valence-electron chi connectivity index (χ0n) is 14.2. The number of hydrogen-bond donors (Lipinski definition) is 1. The first-order valence-electron chi connectivity index (χ1n) is 8.88. The number of pyridine rings is 2. The van der Waals surface area contributed by atoms with Crippen LogP contribution < -0.4 is 5.32 Å². The van der Waals surface area contributed by atoms with Gasteiger partial charge in [0, 0.05) is 36.4 Å². The van der Waals surface area contributed by atoms with E-state index in [-0.39, 0.29) is 5.91 Å². The molecule has 3 aromatic heterocycles. The molecule has 5 heteroatoms. The van der Waals surface area contributed by atoms with Crippen molar-refractivity contribution < 1.29 is 4.79 Å². The van der Waals surface area contributed by atoms with Crippen LogP contribution in [0.5, 0.6) is 0 Å². The normalized spacial score (nSPS) is 14.0. The summed E-state index contributed by atoms with van der Waals surface area (Å²) < 4.78 is 2.05. The summed E-state index contributed by atoms with van der Waals surface area (Å²) in [6.45, 7) is 0.428. The van der Waals surface area contributed by atoms with E-state index < -0.39 is 0 Å². The highest BCUT2D eigenvalue weighted by Crippen LogP contribution is 2.40. The average molecular weight is 342 g/mol. The predicted octanol–water partition coefficient (Wildman–Crippen LogP) is 3.69. The highest BCUT2D eigenvalue weighted by Gasteiger charge is 2.30. The van der Waals surface area contributed by atoms with Crippen molar-refractivity contribution >= 4 is 22.2 Å². The fraction of sp³-hybridized carbons (Fsp3) is 0.190. The third-order valence-corrected chi connectivity index (χ3v) is 4.92. The summed E-state index contributed by atoms with van der Waals surface area (Å²) in [6.07, 6.45) is 7.93. The van der Waals surface area contributed by atoms with Crippen LogP contribution in [0.2, 0.25) is 0 Å². The molecule has 26 heavy (non-hydrogen) atoms. The van der Waals surface area contributed by atoms with Crippen LogP contribution in [0.4, 0.5) is 0 Å². The molecule has 5 nitrogen and oxygen atoms in total. The van der Waals surface area contributed by atoms with Gasteiger partial charge in [-0.25, -0.2) is 4.98 Å². The van der Waals surface area contributed by atoms with Gasteiger partial charge in [0.1, 0.15) is 5.82 Å². The summed E-state index contributed by atoms with van der Waals surface area (Å²) in [4.78, 5) is 21.8. The van der Waals surface area contributed by atoms with Crippen molar-refractivity contribution in [3.8, 4) is 0 Å². The summed E-state index contributed by atoms with van der Waals surface area (Å²) in [7, 11) is 0. The van der Waals surface area contributed by atoms with Gasteiger partial charge < -0.3 is 9.72 Å². The number of hydrogen-bond acceptors (Lipinski definition) is 3. The molecule has 0 atom stereocenters. The van der Waals surface area contributed by atoms with E-state index in [0.717, 1.165) is 40.5 Å². The largest absolute Gasteiger partial charge is 0.346 e. The number of benzene rings is 1. The van der Waals surface area contributed by atoms with Crippen LogP contribution in [0.3, 0.4) is 0 Å². The Morgan fingerprint density at radius 3 is 2.85 bits per heavy atom. The van der Waals surface area contributed by atoms with Crippen LogP contribution in [-0.4, -0.2) is 20.3 Å². The van der Waals surface area contributed by atoms with Crippen molar-refractivity contribution in [2.75, 3.05) is 0 Å². The third kappa shape index (κ3) is 2.52. The van der Waals surface area contributed by atoms with Crippen LogP contribution in [0.15, 0.2) is 61.1 Å². The van der Waals surface area contributed by atoms with Gasteiger partial charge in [-0.05, 0) is 35.9 Å². The Balaban J connectivity index is 1.45. The van der Waals surface area contributed by atoms with Gasteiger partial charge in [-0.15, -0.1) is 0 Å². The number of aromatic nitrogens is 3. The topological polar surface area (TPSA) is 59.3 Å². The summed E-state index contributed by atoms with van der Waals surface area (Å²) in [5, 5.41) is 5.20. The Labute approximate surface area is 150 Å². The Morgan fingerprint density at radius 1 is 1.12 bits per heavy atom. The molecule has 1 aliphatic carbocycles. The Hall–Kier alpha value is -3.21. The van der Waals surface area contributed by atoms with Gasteiger partial charge in [-0.3, -0.25) is 9.78 Å². The summed E-state index contributed by atoms with van der Waals surface area (Å²) >= 11 is 0. The second-order valence-electron chi connectivity index (χ2n) is 6.75. The lowest BCUT2D eigenvalue weighted by molar-refractivity contribution is 0.0948. The minimum absolute atomic E-state index is 0.145. The first-order chi connectivity index (χ1) is 12.8. The lowest BCUT2D eigenvalue weighted by Gasteiger charge is -2.07. The molecular formula is C21H18N4O. The molecule has 0 unspecified atom stereocenters. The molecule has 0 saturated heterocycles. The smallest absolute Gasteiger partial charge is 0.272 e. The highest BCUT2D eigenvalue weighted by atomic mass is 16.1. The van der Waals surface area contributed by atoms with Gasteiger partial charge in [0.15, 0.2) is 5.69 Å². The fourth-order valence-corrected chi connectivity index (χ4v) is 3.44. The molecule has 1 aromatic carbocycles. The van der Waals surface area contributed by atoms with Gasteiger partial charge >= 0.3 is 0 Å². The second-order valence-corrected chi connectivity index (χ2v) is 6.75. The first-order valence-corrected chi connectivity index (χ1v) is 8.88. The first kappa shape index (κ1) is 15.1. The van der Waals surface area contributed by atoms with Crippen molar-refractivity contribution in [1.82, 2.24) is 19.7 Å². The summed E-state index contributed by atoms with van der Waals surface area (Å²) in [5.41, 5.74) is 2.37. The number of carbonyl (C=O) groups excluding carboxylic acids is 1. The van der Waals surface area contributed by atoms with E-state index in [1.807, 2.05) is 59.4 Å². The number of amides is 1. The zero-order valence-corrected chi connectivity index (χ0v) is 14.2. The quantitative estimate of drug-likeness (QED) is 0.615. The Morgan fingerprint density at radius 2 is 1.96 bits per heavy atom. The maximum Gasteiger partial charge on any atom is 0.272 e.